The van der Waals surface area contributed by atoms with Crippen LogP contribution in [0.15, 0.2) is 48.5 Å². The van der Waals surface area contributed by atoms with E-state index in [1.54, 1.807) is 0 Å². The lowest BCUT2D eigenvalue weighted by atomic mass is 9.72. The van der Waals surface area contributed by atoms with E-state index in [-0.39, 0.29) is 0 Å². The number of aryl methyl sites for hydroxylation is 1. The molecule has 2 bridgehead atoms. The number of nitriles is 1. The van der Waals surface area contributed by atoms with Gasteiger partial charge in [0.25, 0.3) is 0 Å². The maximum Gasteiger partial charge on any atom is 0.0994 e. The highest BCUT2D eigenvalue weighted by Gasteiger charge is 2.46. The van der Waals surface area contributed by atoms with Crippen molar-refractivity contribution >= 4 is 0 Å². The molecule has 2 aliphatic rings. The second kappa shape index (κ2) is 6.87. The minimum Gasteiger partial charge on any atom is -0.385 e. The highest BCUT2D eigenvalue weighted by molar-refractivity contribution is 5.41. The largest absolute Gasteiger partial charge is 0.385 e. The van der Waals surface area contributed by atoms with Gasteiger partial charge >= 0.3 is 0 Å². The molecule has 3 heteroatoms. The number of benzene rings is 2. The van der Waals surface area contributed by atoms with E-state index in [9.17, 15) is 10.4 Å². The van der Waals surface area contributed by atoms with Crippen LogP contribution in [0, 0.1) is 18.3 Å². The smallest absolute Gasteiger partial charge is 0.0994 e. The second-order valence-corrected chi connectivity index (χ2v) is 7.98. The first-order valence-electron chi connectivity index (χ1n) is 9.62. The summed E-state index contributed by atoms with van der Waals surface area (Å²) in [5.41, 5.74) is 3.20. The lowest BCUT2D eigenvalue weighted by Gasteiger charge is -2.52. The molecule has 2 aliphatic heterocycles. The van der Waals surface area contributed by atoms with Crippen LogP contribution >= 0.6 is 0 Å². The highest BCUT2D eigenvalue weighted by atomic mass is 16.3. The normalized spacial score (nSPS) is 28.5. The fourth-order valence-electron chi connectivity index (χ4n) is 4.89. The van der Waals surface area contributed by atoms with Gasteiger partial charge in [-0.15, -0.1) is 0 Å². The first-order valence-corrected chi connectivity index (χ1v) is 9.62. The van der Waals surface area contributed by atoms with Crippen LogP contribution < -0.4 is 0 Å². The number of piperidine rings is 2. The number of rotatable bonds is 3. The van der Waals surface area contributed by atoms with Crippen LogP contribution in [-0.2, 0) is 12.1 Å². The molecule has 0 amide bonds. The minimum absolute atomic E-state index is 0.420. The van der Waals surface area contributed by atoms with Gasteiger partial charge in [0.1, 0.15) is 0 Å². The van der Waals surface area contributed by atoms with Crippen molar-refractivity contribution in [2.24, 2.45) is 0 Å². The van der Waals surface area contributed by atoms with Crippen LogP contribution in [0.2, 0.25) is 0 Å². The molecule has 2 unspecified atom stereocenters. The number of fused-ring (bicyclic) bond motifs is 2. The fourth-order valence-corrected chi connectivity index (χ4v) is 4.89. The predicted octanol–water partition coefficient (Wildman–Crippen LogP) is 4.27. The minimum atomic E-state index is -0.776. The van der Waals surface area contributed by atoms with E-state index in [4.69, 9.17) is 0 Å². The zero-order valence-electron chi connectivity index (χ0n) is 15.4. The zero-order chi connectivity index (χ0) is 18.1. The van der Waals surface area contributed by atoms with Gasteiger partial charge in [-0.2, -0.15) is 5.26 Å². The van der Waals surface area contributed by atoms with Crippen molar-refractivity contribution in [1.82, 2.24) is 4.90 Å². The van der Waals surface area contributed by atoms with Crippen molar-refractivity contribution in [2.45, 2.75) is 63.3 Å². The van der Waals surface area contributed by atoms with E-state index >= 15 is 0 Å². The molecule has 2 atom stereocenters. The second-order valence-electron chi connectivity index (χ2n) is 7.98. The predicted molar refractivity (Wildman–Crippen MR) is 102 cm³/mol. The number of hydrogen-bond acceptors (Lipinski definition) is 3. The third kappa shape index (κ3) is 3.16. The van der Waals surface area contributed by atoms with Crippen molar-refractivity contribution in [3.05, 3.63) is 70.8 Å². The summed E-state index contributed by atoms with van der Waals surface area (Å²) < 4.78 is 0. The molecule has 0 aromatic heterocycles. The SMILES string of the molecule is Cc1cc(C2(O)CC3CCCC(C2)N3Cc2ccccc2)ccc1C#N. The van der Waals surface area contributed by atoms with Crippen LogP contribution in [0.25, 0.3) is 0 Å². The Bertz CT molecular complexity index is 810. The Morgan fingerprint density at radius 3 is 2.42 bits per heavy atom. The van der Waals surface area contributed by atoms with Gasteiger partial charge in [0.15, 0.2) is 0 Å². The molecule has 2 aromatic rings. The first-order chi connectivity index (χ1) is 12.6. The molecule has 134 valence electrons. The standard InChI is InChI=1S/C23H26N2O/c1-17-12-20(11-10-19(17)15-24)23(26)13-21-8-5-9-22(14-23)25(21)16-18-6-3-2-4-7-18/h2-4,6-7,10-12,21-22,26H,5,8-9,13-14,16H2,1H3. The summed E-state index contributed by atoms with van der Waals surface area (Å²) in [5.74, 6) is 0. The van der Waals surface area contributed by atoms with Crippen molar-refractivity contribution in [2.75, 3.05) is 0 Å². The molecule has 1 N–H and O–H groups in total. The Hall–Kier alpha value is -2.15. The topological polar surface area (TPSA) is 47.3 Å². The first kappa shape index (κ1) is 17.3. The summed E-state index contributed by atoms with van der Waals surface area (Å²) in [5, 5.41) is 20.7. The van der Waals surface area contributed by atoms with Gasteiger partial charge in [0.2, 0.25) is 0 Å². The molecule has 2 aromatic carbocycles. The van der Waals surface area contributed by atoms with Gasteiger partial charge in [-0.25, -0.2) is 0 Å². The maximum absolute atomic E-state index is 11.5. The van der Waals surface area contributed by atoms with Crippen LogP contribution in [0.5, 0.6) is 0 Å². The molecule has 26 heavy (non-hydrogen) atoms. The van der Waals surface area contributed by atoms with E-state index in [0.717, 1.165) is 43.4 Å². The van der Waals surface area contributed by atoms with E-state index < -0.39 is 5.60 Å². The fraction of sp³-hybridized carbons (Fsp3) is 0.435. The van der Waals surface area contributed by atoms with Gasteiger partial charge in [-0.05, 0) is 55.4 Å². The van der Waals surface area contributed by atoms with E-state index in [1.165, 1.54) is 12.0 Å². The molecule has 0 saturated carbocycles. The summed E-state index contributed by atoms with van der Waals surface area (Å²) in [6, 6.07) is 19.5. The van der Waals surface area contributed by atoms with Gasteiger partial charge in [0.05, 0.1) is 17.2 Å². The molecule has 2 fully saturated rings. The Kier molecular flexibility index (Phi) is 4.56. The molecule has 0 aliphatic carbocycles. The van der Waals surface area contributed by atoms with Crippen LogP contribution in [-0.4, -0.2) is 22.1 Å². The molecular weight excluding hydrogens is 320 g/mol. The molecule has 3 nitrogen and oxygen atoms in total. The summed E-state index contributed by atoms with van der Waals surface area (Å²) in [6.07, 6.45) is 5.12. The van der Waals surface area contributed by atoms with Crippen molar-refractivity contribution < 1.29 is 5.11 Å². The quantitative estimate of drug-likeness (QED) is 0.903. The average Bonchev–Trinajstić information content (AvgIpc) is 2.63. The van der Waals surface area contributed by atoms with Crippen molar-refractivity contribution in [1.29, 1.82) is 5.26 Å². The van der Waals surface area contributed by atoms with Crippen molar-refractivity contribution in [3.8, 4) is 6.07 Å². The van der Waals surface area contributed by atoms with Gasteiger partial charge in [0, 0.05) is 18.6 Å². The Morgan fingerprint density at radius 1 is 1.12 bits per heavy atom. The number of nitrogens with zero attached hydrogens (tertiary/aromatic N) is 2. The molecule has 4 rings (SSSR count). The van der Waals surface area contributed by atoms with Crippen molar-refractivity contribution in [3.63, 3.8) is 0 Å². The molecule has 0 radical (unpaired) electrons. The lowest BCUT2D eigenvalue weighted by Crippen LogP contribution is -2.56. The van der Waals surface area contributed by atoms with Gasteiger partial charge in [-0.1, -0.05) is 48.9 Å². The Labute approximate surface area is 155 Å². The average molecular weight is 346 g/mol. The Morgan fingerprint density at radius 2 is 1.81 bits per heavy atom. The molecule has 2 saturated heterocycles. The molecular formula is C23H26N2O. The van der Waals surface area contributed by atoms with Crippen LogP contribution in [0.3, 0.4) is 0 Å². The summed E-state index contributed by atoms with van der Waals surface area (Å²) in [4.78, 5) is 2.61. The summed E-state index contributed by atoms with van der Waals surface area (Å²) >= 11 is 0. The van der Waals surface area contributed by atoms with E-state index in [1.807, 2.05) is 25.1 Å². The Balaban J connectivity index is 1.59. The summed E-state index contributed by atoms with van der Waals surface area (Å²) in [7, 11) is 0. The van der Waals surface area contributed by atoms with Crippen LogP contribution in [0.1, 0.15) is 54.4 Å². The van der Waals surface area contributed by atoms with Gasteiger partial charge < -0.3 is 5.11 Å². The van der Waals surface area contributed by atoms with E-state index in [2.05, 4.69) is 41.3 Å². The maximum atomic E-state index is 11.5. The zero-order valence-corrected chi connectivity index (χ0v) is 15.4. The third-order valence-electron chi connectivity index (χ3n) is 6.25. The third-order valence-corrected chi connectivity index (χ3v) is 6.25. The number of hydrogen-bond donors (Lipinski definition) is 1. The number of aliphatic hydroxyl groups is 1. The summed E-state index contributed by atoms with van der Waals surface area (Å²) in [6.45, 7) is 2.93. The van der Waals surface area contributed by atoms with Crippen LogP contribution in [0.4, 0.5) is 0 Å². The molecule has 2 heterocycles. The highest BCUT2D eigenvalue weighted by Crippen LogP contribution is 2.45. The lowest BCUT2D eigenvalue weighted by molar-refractivity contribution is -0.0999. The molecule has 0 spiro atoms. The van der Waals surface area contributed by atoms with E-state index in [0.29, 0.717) is 17.6 Å². The monoisotopic (exact) mass is 346 g/mol. The van der Waals surface area contributed by atoms with Gasteiger partial charge in [-0.3, -0.25) is 4.90 Å².